The largest absolute Gasteiger partial charge is 0.388 e. The van der Waals surface area contributed by atoms with Gasteiger partial charge in [0.25, 0.3) is 0 Å². The van der Waals surface area contributed by atoms with Crippen LogP contribution in [-0.4, -0.2) is 35.4 Å². The molecule has 2 rings (SSSR count). The predicted octanol–water partition coefficient (Wildman–Crippen LogP) is 2.10. The lowest BCUT2D eigenvalue weighted by Gasteiger charge is -2.43. The van der Waals surface area contributed by atoms with E-state index in [9.17, 15) is 5.11 Å². The Balaban J connectivity index is 2.15. The monoisotopic (exact) mass is 276 g/mol. The molecule has 1 atom stereocenters. The van der Waals surface area contributed by atoms with Crippen molar-refractivity contribution in [3.8, 4) is 0 Å². The van der Waals surface area contributed by atoms with Crippen molar-refractivity contribution in [2.75, 3.05) is 13.1 Å². The van der Waals surface area contributed by atoms with E-state index in [1.807, 2.05) is 6.07 Å². The van der Waals surface area contributed by atoms with Gasteiger partial charge in [0.05, 0.1) is 5.60 Å². The predicted molar refractivity (Wildman–Crippen MR) is 83.9 cm³/mol. The van der Waals surface area contributed by atoms with Crippen LogP contribution in [0.3, 0.4) is 0 Å². The molecule has 1 saturated heterocycles. The highest BCUT2D eigenvalue weighted by molar-refractivity contribution is 5.17. The van der Waals surface area contributed by atoms with Gasteiger partial charge >= 0.3 is 0 Å². The Kier molecular flexibility index (Phi) is 4.84. The van der Waals surface area contributed by atoms with E-state index in [2.05, 4.69) is 55.7 Å². The average molecular weight is 276 g/mol. The molecule has 1 aromatic carbocycles. The molecular weight excluding hydrogens is 248 g/mol. The van der Waals surface area contributed by atoms with E-state index >= 15 is 0 Å². The highest BCUT2D eigenvalue weighted by Gasteiger charge is 2.39. The maximum absolute atomic E-state index is 11.1. The second-order valence-electron chi connectivity index (χ2n) is 6.99. The molecule has 0 radical (unpaired) electrons. The van der Waals surface area contributed by atoms with Gasteiger partial charge in [0, 0.05) is 11.6 Å². The molecule has 1 fully saturated rings. The zero-order valence-electron chi connectivity index (χ0n) is 12.9. The van der Waals surface area contributed by atoms with Crippen LogP contribution in [0, 0.1) is 0 Å². The van der Waals surface area contributed by atoms with Crippen LogP contribution < -0.4 is 10.6 Å². The average Bonchev–Trinajstić information content (AvgIpc) is 2.38. The Morgan fingerprint density at radius 2 is 1.80 bits per heavy atom. The van der Waals surface area contributed by atoms with Gasteiger partial charge in [-0.05, 0) is 58.7 Å². The number of rotatable bonds is 4. The highest BCUT2D eigenvalue weighted by atomic mass is 16.3. The second-order valence-corrected chi connectivity index (χ2v) is 6.99. The summed E-state index contributed by atoms with van der Waals surface area (Å²) in [6.45, 7) is 8.28. The highest BCUT2D eigenvalue weighted by Crippen LogP contribution is 2.26. The summed E-state index contributed by atoms with van der Waals surface area (Å²) in [6.07, 6.45) is 2.50. The third kappa shape index (κ3) is 4.30. The lowest BCUT2D eigenvalue weighted by Crippen LogP contribution is -2.60. The third-order valence-corrected chi connectivity index (χ3v) is 4.01. The Morgan fingerprint density at radius 1 is 1.20 bits per heavy atom. The van der Waals surface area contributed by atoms with Crippen LogP contribution in [-0.2, 0) is 6.42 Å². The fourth-order valence-electron chi connectivity index (χ4n) is 2.96. The maximum atomic E-state index is 11.1. The standard InChI is InChI=1S/C17H28N2O/c1-16(2,3)19-15(13-14-7-5-4-6-8-14)17(20)9-11-18-12-10-17/h4-8,15,18-20H,9-13H2,1-3H3. The second kappa shape index (κ2) is 6.25. The van der Waals surface area contributed by atoms with Crippen molar-refractivity contribution in [1.29, 1.82) is 0 Å². The van der Waals surface area contributed by atoms with Gasteiger partial charge in [-0.15, -0.1) is 0 Å². The minimum absolute atomic E-state index is 0.0000523. The van der Waals surface area contributed by atoms with Crippen molar-refractivity contribution in [2.24, 2.45) is 0 Å². The SMILES string of the molecule is CC(C)(C)NC(Cc1ccccc1)C1(O)CCNCC1. The number of aliphatic hydroxyl groups is 1. The molecule has 0 aromatic heterocycles. The molecule has 0 aliphatic carbocycles. The number of benzene rings is 1. The van der Waals surface area contributed by atoms with Gasteiger partial charge in [-0.2, -0.15) is 0 Å². The van der Waals surface area contributed by atoms with Gasteiger partial charge in [-0.1, -0.05) is 30.3 Å². The van der Waals surface area contributed by atoms with E-state index in [0.717, 1.165) is 32.4 Å². The summed E-state index contributed by atoms with van der Waals surface area (Å²) in [4.78, 5) is 0. The summed E-state index contributed by atoms with van der Waals surface area (Å²) in [6, 6.07) is 10.5. The van der Waals surface area contributed by atoms with Crippen molar-refractivity contribution in [3.05, 3.63) is 35.9 Å². The summed E-state index contributed by atoms with van der Waals surface area (Å²) in [5, 5.41) is 18.0. The Hall–Kier alpha value is -0.900. The molecule has 1 heterocycles. The number of piperidine rings is 1. The summed E-state index contributed by atoms with van der Waals surface area (Å²) in [5.74, 6) is 0. The van der Waals surface area contributed by atoms with E-state index in [0.29, 0.717) is 0 Å². The number of hydrogen-bond donors (Lipinski definition) is 3. The minimum atomic E-state index is -0.617. The summed E-state index contributed by atoms with van der Waals surface area (Å²) < 4.78 is 0. The first kappa shape index (κ1) is 15.5. The molecule has 3 N–H and O–H groups in total. The van der Waals surface area contributed by atoms with Crippen molar-refractivity contribution < 1.29 is 5.11 Å². The summed E-state index contributed by atoms with van der Waals surface area (Å²) in [5.41, 5.74) is 0.662. The lowest BCUT2D eigenvalue weighted by atomic mass is 9.80. The lowest BCUT2D eigenvalue weighted by molar-refractivity contribution is -0.0314. The normalized spacial score (nSPS) is 20.6. The molecule has 0 saturated carbocycles. The number of hydrogen-bond acceptors (Lipinski definition) is 3. The Bertz CT molecular complexity index is 405. The zero-order chi connectivity index (χ0) is 14.6. The Labute approximate surface area is 122 Å². The van der Waals surface area contributed by atoms with Crippen LogP contribution in [0.1, 0.15) is 39.2 Å². The Morgan fingerprint density at radius 3 is 2.35 bits per heavy atom. The van der Waals surface area contributed by atoms with Crippen LogP contribution in [0.4, 0.5) is 0 Å². The molecule has 0 spiro atoms. The van der Waals surface area contributed by atoms with Gasteiger partial charge < -0.3 is 15.7 Å². The fraction of sp³-hybridized carbons (Fsp3) is 0.647. The van der Waals surface area contributed by atoms with Crippen LogP contribution in [0.5, 0.6) is 0 Å². The molecule has 20 heavy (non-hydrogen) atoms. The van der Waals surface area contributed by atoms with Gasteiger partial charge in [-0.3, -0.25) is 0 Å². The fourth-order valence-corrected chi connectivity index (χ4v) is 2.96. The van der Waals surface area contributed by atoms with Gasteiger partial charge in [-0.25, -0.2) is 0 Å². The molecule has 1 aliphatic rings. The molecule has 1 unspecified atom stereocenters. The van der Waals surface area contributed by atoms with E-state index in [4.69, 9.17) is 0 Å². The smallest absolute Gasteiger partial charge is 0.0827 e. The molecule has 0 bridgehead atoms. The minimum Gasteiger partial charge on any atom is -0.388 e. The summed E-state index contributed by atoms with van der Waals surface area (Å²) in [7, 11) is 0. The van der Waals surface area contributed by atoms with Crippen molar-refractivity contribution in [3.63, 3.8) is 0 Å². The zero-order valence-corrected chi connectivity index (χ0v) is 12.9. The molecule has 0 amide bonds. The van der Waals surface area contributed by atoms with E-state index < -0.39 is 5.60 Å². The summed E-state index contributed by atoms with van der Waals surface area (Å²) >= 11 is 0. The van der Waals surface area contributed by atoms with E-state index in [1.165, 1.54) is 5.56 Å². The van der Waals surface area contributed by atoms with E-state index in [1.54, 1.807) is 0 Å². The first-order chi connectivity index (χ1) is 9.39. The van der Waals surface area contributed by atoms with Crippen LogP contribution in [0.15, 0.2) is 30.3 Å². The first-order valence-corrected chi connectivity index (χ1v) is 7.64. The molecular formula is C17H28N2O. The maximum Gasteiger partial charge on any atom is 0.0827 e. The number of nitrogens with one attached hydrogen (secondary N) is 2. The first-order valence-electron chi connectivity index (χ1n) is 7.64. The molecule has 1 aliphatic heterocycles. The van der Waals surface area contributed by atoms with Crippen LogP contribution in [0.25, 0.3) is 0 Å². The molecule has 3 nitrogen and oxygen atoms in total. The van der Waals surface area contributed by atoms with Crippen LogP contribution in [0.2, 0.25) is 0 Å². The van der Waals surface area contributed by atoms with Gasteiger partial charge in [0.1, 0.15) is 0 Å². The molecule has 1 aromatic rings. The van der Waals surface area contributed by atoms with Crippen molar-refractivity contribution in [2.45, 2.75) is 57.2 Å². The van der Waals surface area contributed by atoms with Gasteiger partial charge in [0.15, 0.2) is 0 Å². The third-order valence-electron chi connectivity index (χ3n) is 4.01. The quantitative estimate of drug-likeness (QED) is 0.789. The van der Waals surface area contributed by atoms with Crippen molar-refractivity contribution in [1.82, 2.24) is 10.6 Å². The molecule has 112 valence electrons. The topological polar surface area (TPSA) is 44.3 Å². The van der Waals surface area contributed by atoms with Crippen molar-refractivity contribution >= 4 is 0 Å². The van der Waals surface area contributed by atoms with Crippen LogP contribution >= 0.6 is 0 Å². The van der Waals surface area contributed by atoms with Gasteiger partial charge in [0.2, 0.25) is 0 Å². The molecule has 3 heteroatoms. The van der Waals surface area contributed by atoms with E-state index in [-0.39, 0.29) is 11.6 Å².